The van der Waals surface area contributed by atoms with E-state index < -0.39 is 41.0 Å². The van der Waals surface area contributed by atoms with Crippen molar-refractivity contribution in [3.8, 4) is 5.75 Å². The van der Waals surface area contributed by atoms with Crippen molar-refractivity contribution in [3.63, 3.8) is 0 Å². The van der Waals surface area contributed by atoms with Crippen LogP contribution in [0.25, 0.3) is 0 Å². The predicted octanol–water partition coefficient (Wildman–Crippen LogP) is 3.34. The number of hydrogen-bond acceptors (Lipinski definition) is 6. The Balaban J connectivity index is 1.88. The van der Waals surface area contributed by atoms with Crippen LogP contribution in [-0.2, 0) is 14.3 Å². The minimum absolute atomic E-state index is 0.00817. The van der Waals surface area contributed by atoms with Crippen LogP contribution in [0.1, 0.15) is 6.92 Å². The molecule has 0 heterocycles. The molecule has 2 aromatic carbocycles. The van der Waals surface area contributed by atoms with Crippen LogP contribution in [0.2, 0.25) is 5.02 Å². The van der Waals surface area contributed by atoms with Crippen molar-refractivity contribution >= 4 is 34.9 Å². The van der Waals surface area contributed by atoms with Gasteiger partial charge in [0.25, 0.3) is 5.91 Å². The summed E-state index contributed by atoms with van der Waals surface area (Å²) in [5.41, 5.74) is -0.793. The van der Waals surface area contributed by atoms with Gasteiger partial charge in [0.15, 0.2) is 12.7 Å². The highest BCUT2D eigenvalue weighted by Crippen LogP contribution is 2.22. The van der Waals surface area contributed by atoms with Gasteiger partial charge in [-0.3, -0.25) is 14.9 Å². The van der Waals surface area contributed by atoms with Gasteiger partial charge in [-0.15, -0.1) is 0 Å². The van der Waals surface area contributed by atoms with Crippen molar-refractivity contribution in [3.05, 3.63) is 63.4 Å². The van der Waals surface area contributed by atoms with Gasteiger partial charge in [0.05, 0.1) is 4.92 Å². The van der Waals surface area contributed by atoms with Gasteiger partial charge in [0.1, 0.15) is 5.75 Å². The highest BCUT2D eigenvalue weighted by molar-refractivity contribution is 6.30. The number of nitro benzene ring substituents is 1. The standard InChI is InChI=1S/C17H14ClFN2O6/c1-10(27-16(22)9-26-13-4-2-3-11(18)7-13)17(23)20-12-5-6-14(19)15(8-12)21(24)25/h2-8,10H,9H2,1H3,(H,20,23)/t10-/m1/s1. The maximum absolute atomic E-state index is 13.3. The molecule has 10 heteroatoms. The average molecular weight is 397 g/mol. The zero-order chi connectivity index (χ0) is 20.0. The molecule has 0 spiro atoms. The SMILES string of the molecule is C[C@@H](OC(=O)COc1cccc(Cl)c1)C(=O)Nc1ccc(F)c([N+](=O)[O-])c1. The third-order valence-electron chi connectivity index (χ3n) is 3.24. The smallest absolute Gasteiger partial charge is 0.344 e. The molecule has 0 bridgehead atoms. The number of amides is 1. The highest BCUT2D eigenvalue weighted by Gasteiger charge is 2.20. The number of nitro groups is 1. The molecular weight excluding hydrogens is 383 g/mol. The molecule has 0 unspecified atom stereocenters. The first-order valence-electron chi connectivity index (χ1n) is 7.59. The fourth-order valence-electron chi connectivity index (χ4n) is 1.96. The number of carbonyl (C=O) groups excluding carboxylic acids is 2. The number of anilines is 1. The third-order valence-corrected chi connectivity index (χ3v) is 3.48. The molecule has 1 N–H and O–H groups in total. The van der Waals surface area contributed by atoms with Crippen LogP contribution in [0.15, 0.2) is 42.5 Å². The summed E-state index contributed by atoms with van der Waals surface area (Å²) in [6.45, 7) is 0.866. The van der Waals surface area contributed by atoms with E-state index >= 15 is 0 Å². The van der Waals surface area contributed by atoms with Crippen LogP contribution in [0, 0.1) is 15.9 Å². The van der Waals surface area contributed by atoms with Crippen LogP contribution in [0.3, 0.4) is 0 Å². The molecule has 1 atom stereocenters. The van der Waals surface area contributed by atoms with E-state index in [9.17, 15) is 24.1 Å². The van der Waals surface area contributed by atoms with Gasteiger partial charge < -0.3 is 14.8 Å². The number of rotatable bonds is 7. The molecule has 0 saturated heterocycles. The van der Waals surface area contributed by atoms with E-state index in [1.807, 2.05) is 0 Å². The summed E-state index contributed by atoms with van der Waals surface area (Å²) in [6, 6.07) is 9.24. The van der Waals surface area contributed by atoms with Crippen molar-refractivity contribution in [1.29, 1.82) is 0 Å². The molecule has 2 aromatic rings. The summed E-state index contributed by atoms with van der Waals surface area (Å²) in [5.74, 6) is -2.22. The number of ether oxygens (including phenoxy) is 2. The van der Waals surface area contributed by atoms with Gasteiger partial charge in [-0.1, -0.05) is 17.7 Å². The first-order valence-corrected chi connectivity index (χ1v) is 7.96. The van der Waals surface area contributed by atoms with Crippen molar-refractivity contribution in [2.75, 3.05) is 11.9 Å². The second-order valence-corrected chi connectivity index (χ2v) is 5.73. The number of halogens is 2. The fourth-order valence-corrected chi connectivity index (χ4v) is 2.14. The molecule has 0 aromatic heterocycles. The lowest BCUT2D eigenvalue weighted by molar-refractivity contribution is -0.387. The molecule has 1 amide bonds. The topological polar surface area (TPSA) is 108 Å². The zero-order valence-corrected chi connectivity index (χ0v) is 14.7. The lowest BCUT2D eigenvalue weighted by atomic mass is 10.2. The Labute approximate surface area is 158 Å². The zero-order valence-electron chi connectivity index (χ0n) is 14.0. The maximum atomic E-state index is 13.3. The summed E-state index contributed by atoms with van der Waals surface area (Å²) in [6.07, 6.45) is -1.20. The monoisotopic (exact) mass is 396 g/mol. The summed E-state index contributed by atoms with van der Waals surface area (Å²) >= 11 is 5.79. The van der Waals surface area contributed by atoms with E-state index in [1.54, 1.807) is 18.2 Å². The van der Waals surface area contributed by atoms with Crippen LogP contribution in [0.5, 0.6) is 5.75 Å². The molecule has 8 nitrogen and oxygen atoms in total. The molecule has 27 heavy (non-hydrogen) atoms. The van der Waals surface area contributed by atoms with Gasteiger partial charge in [0.2, 0.25) is 5.82 Å². The predicted molar refractivity (Wildman–Crippen MR) is 94.2 cm³/mol. The first-order chi connectivity index (χ1) is 12.8. The molecule has 0 aliphatic carbocycles. The van der Waals surface area contributed by atoms with Gasteiger partial charge >= 0.3 is 11.7 Å². The van der Waals surface area contributed by atoms with Crippen LogP contribution < -0.4 is 10.1 Å². The maximum Gasteiger partial charge on any atom is 0.344 e. The van der Waals surface area contributed by atoms with E-state index in [1.165, 1.54) is 13.0 Å². The first kappa shape index (κ1) is 20.1. The molecule has 0 radical (unpaired) electrons. The summed E-state index contributed by atoms with van der Waals surface area (Å²) in [7, 11) is 0. The van der Waals surface area contributed by atoms with Crippen molar-refractivity contribution < 1.29 is 28.4 Å². The molecule has 0 aliphatic heterocycles. The number of benzene rings is 2. The van der Waals surface area contributed by atoms with Crippen molar-refractivity contribution in [2.45, 2.75) is 13.0 Å². The minimum Gasteiger partial charge on any atom is -0.482 e. The Morgan fingerprint density at radius 1 is 1.30 bits per heavy atom. The van der Waals surface area contributed by atoms with E-state index in [-0.39, 0.29) is 5.69 Å². The van der Waals surface area contributed by atoms with Gasteiger partial charge in [-0.05, 0) is 37.3 Å². The largest absolute Gasteiger partial charge is 0.482 e. The summed E-state index contributed by atoms with van der Waals surface area (Å²) < 4.78 is 23.4. The van der Waals surface area contributed by atoms with Gasteiger partial charge in [0, 0.05) is 16.8 Å². The second kappa shape index (κ2) is 8.95. The normalized spacial score (nSPS) is 11.4. The Kier molecular flexibility index (Phi) is 6.67. The molecule has 0 saturated carbocycles. The Bertz CT molecular complexity index is 876. The van der Waals surface area contributed by atoms with E-state index in [2.05, 4.69) is 5.32 Å². The van der Waals surface area contributed by atoms with Crippen molar-refractivity contribution in [1.82, 2.24) is 0 Å². The van der Waals surface area contributed by atoms with Crippen LogP contribution in [0.4, 0.5) is 15.8 Å². The fraction of sp³-hybridized carbons (Fsp3) is 0.176. The average Bonchev–Trinajstić information content (AvgIpc) is 2.61. The number of nitrogens with one attached hydrogen (secondary N) is 1. The number of hydrogen-bond donors (Lipinski definition) is 1. The Hall–Kier alpha value is -3.20. The molecule has 142 valence electrons. The van der Waals surface area contributed by atoms with Gasteiger partial charge in [-0.2, -0.15) is 4.39 Å². The molecule has 2 rings (SSSR count). The molecule has 0 aliphatic rings. The van der Waals surface area contributed by atoms with Crippen LogP contribution in [-0.4, -0.2) is 29.5 Å². The summed E-state index contributed by atoms with van der Waals surface area (Å²) in [4.78, 5) is 33.6. The Morgan fingerprint density at radius 2 is 2.04 bits per heavy atom. The molecular formula is C17H14ClFN2O6. The van der Waals surface area contributed by atoms with Gasteiger partial charge in [-0.25, -0.2) is 4.79 Å². The highest BCUT2D eigenvalue weighted by atomic mass is 35.5. The van der Waals surface area contributed by atoms with Crippen LogP contribution >= 0.6 is 11.6 Å². The molecule has 0 fully saturated rings. The second-order valence-electron chi connectivity index (χ2n) is 5.29. The lowest BCUT2D eigenvalue weighted by Gasteiger charge is -2.14. The lowest BCUT2D eigenvalue weighted by Crippen LogP contribution is -2.31. The van der Waals surface area contributed by atoms with E-state index in [4.69, 9.17) is 21.1 Å². The minimum atomic E-state index is -1.20. The third kappa shape index (κ3) is 5.93. The summed E-state index contributed by atoms with van der Waals surface area (Å²) in [5, 5.41) is 13.4. The Morgan fingerprint density at radius 3 is 2.70 bits per heavy atom. The van der Waals surface area contributed by atoms with E-state index in [0.29, 0.717) is 10.8 Å². The van der Waals surface area contributed by atoms with Crippen molar-refractivity contribution in [2.24, 2.45) is 0 Å². The number of carbonyl (C=O) groups is 2. The number of nitrogens with zero attached hydrogens (tertiary/aromatic N) is 1. The number of esters is 1. The van der Waals surface area contributed by atoms with E-state index in [0.717, 1.165) is 18.2 Å². The quantitative estimate of drug-likeness (QED) is 0.437.